The predicted molar refractivity (Wildman–Crippen MR) is 85.2 cm³/mol. The van der Waals surface area contributed by atoms with Gasteiger partial charge in [0.1, 0.15) is 5.69 Å². The van der Waals surface area contributed by atoms with Crippen LogP contribution in [0.5, 0.6) is 0 Å². The summed E-state index contributed by atoms with van der Waals surface area (Å²) in [6, 6.07) is 3.56. The minimum atomic E-state index is -0.727. The summed E-state index contributed by atoms with van der Waals surface area (Å²) in [5, 5.41) is 9.79. The molecule has 1 amide bonds. The van der Waals surface area contributed by atoms with Crippen molar-refractivity contribution in [3.63, 3.8) is 0 Å². The van der Waals surface area contributed by atoms with Crippen molar-refractivity contribution in [2.24, 2.45) is 5.41 Å². The SMILES string of the molecule is Cc1cccnc1C(=O)N1CC[C@@]2(C(=O)O)CCCN(C)[C@@H]2C1. The second-order valence-electron chi connectivity index (χ2n) is 6.73. The van der Waals surface area contributed by atoms with Gasteiger partial charge in [-0.15, -0.1) is 0 Å². The molecule has 2 fully saturated rings. The van der Waals surface area contributed by atoms with Gasteiger partial charge in [0.2, 0.25) is 0 Å². The Labute approximate surface area is 136 Å². The number of carboxylic acid groups (broad SMARTS) is 1. The van der Waals surface area contributed by atoms with Crippen molar-refractivity contribution in [1.82, 2.24) is 14.8 Å². The highest BCUT2D eigenvalue weighted by atomic mass is 16.4. The van der Waals surface area contributed by atoms with Crippen LogP contribution in [0, 0.1) is 12.3 Å². The molecule has 0 aromatic carbocycles. The summed E-state index contributed by atoms with van der Waals surface area (Å²) in [5.74, 6) is -0.823. The second kappa shape index (κ2) is 5.92. The summed E-state index contributed by atoms with van der Waals surface area (Å²) < 4.78 is 0. The molecule has 6 heteroatoms. The minimum absolute atomic E-state index is 0.0962. The van der Waals surface area contributed by atoms with E-state index in [9.17, 15) is 14.7 Å². The van der Waals surface area contributed by atoms with Crippen LogP contribution in [0.1, 0.15) is 35.3 Å². The number of aliphatic carboxylic acids is 1. The van der Waals surface area contributed by atoms with Crippen LogP contribution in [0.3, 0.4) is 0 Å². The molecule has 23 heavy (non-hydrogen) atoms. The van der Waals surface area contributed by atoms with Gasteiger partial charge in [0.15, 0.2) is 0 Å². The molecule has 1 N–H and O–H groups in total. The molecule has 2 aliphatic rings. The number of fused-ring (bicyclic) bond motifs is 1. The summed E-state index contributed by atoms with van der Waals surface area (Å²) >= 11 is 0. The fraction of sp³-hybridized carbons (Fsp3) is 0.588. The topological polar surface area (TPSA) is 73.7 Å². The molecule has 2 atom stereocenters. The highest BCUT2D eigenvalue weighted by molar-refractivity contribution is 5.94. The number of hydrogen-bond acceptors (Lipinski definition) is 4. The number of carbonyl (C=O) groups is 2. The van der Waals surface area contributed by atoms with Gasteiger partial charge in [0.05, 0.1) is 5.41 Å². The van der Waals surface area contributed by atoms with Crippen molar-refractivity contribution in [2.45, 2.75) is 32.2 Å². The first kappa shape index (κ1) is 15.9. The third kappa shape index (κ3) is 2.61. The molecule has 1 aromatic heterocycles. The van der Waals surface area contributed by atoms with Gasteiger partial charge in [-0.3, -0.25) is 14.6 Å². The monoisotopic (exact) mass is 317 g/mol. The number of carbonyl (C=O) groups excluding carboxylic acids is 1. The number of likely N-dealkylation sites (tertiary alicyclic amines) is 2. The van der Waals surface area contributed by atoms with Crippen molar-refractivity contribution in [1.29, 1.82) is 0 Å². The highest BCUT2D eigenvalue weighted by Gasteiger charge is 2.52. The Kier molecular flexibility index (Phi) is 4.10. The Bertz CT molecular complexity index is 633. The number of pyridine rings is 1. The molecule has 0 radical (unpaired) electrons. The Balaban J connectivity index is 1.85. The zero-order valence-electron chi connectivity index (χ0n) is 13.7. The molecule has 0 aliphatic carbocycles. The van der Waals surface area contributed by atoms with Gasteiger partial charge in [0.25, 0.3) is 5.91 Å². The molecule has 0 saturated carbocycles. The summed E-state index contributed by atoms with van der Waals surface area (Å²) in [6.07, 6.45) is 3.72. The second-order valence-corrected chi connectivity index (χ2v) is 6.73. The average molecular weight is 317 g/mol. The van der Waals surface area contributed by atoms with Gasteiger partial charge in [-0.25, -0.2) is 0 Å². The summed E-state index contributed by atoms with van der Waals surface area (Å²) in [4.78, 5) is 32.8. The maximum Gasteiger partial charge on any atom is 0.311 e. The fourth-order valence-electron chi connectivity index (χ4n) is 4.03. The number of rotatable bonds is 2. The molecule has 0 bridgehead atoms. The molecule has 1 aromatic rings. The molecular formula is C17H23N3O3. The Morgan fingerprint density at radius 2 is 2.13 bits per heavy atom. The standard InChI is InChI=1S/C17H23N3O3/c1-12-5-3-8-18-14(12)15(21)20-10-7-17(16(22)23)6-4-9-19(2)13(17)11-20/h3,5,8,13H,4,6-7,9-11H2,1-2H3,(H,22,23)/t13-,17+/m1/s1. The molecule has 3 heterocycles. The third-order valence-electron chi connectivity index (χ3n) is 5.45. The molecule has 2 saturated heterocycles. The number of amides is 1. The molecule has 0 unspecified atom stereocenters. The van der Waals surface area contributed by atoms with Crippen molar-refractivity contribution < 1.29 is 14.7 Å². The van der Waals surface area contributed by atoms with Crippen LogP contribution in [-0.4, -0.2) is 64.5 Å². The lowest BCUT2D eigenvalue weighted by Gasteiger charge is -2.51. The van der Waals surface area contributed by atoms with Gasteiger partial charge >= 0.3 is 5.97 Å². The van der Waals surface area contributed by atoms with Crippen molar-refractivity contribution >= 4 is 11.9 Å². The minimum Gasteiger partial charge on any atom is -0.481 e. The van der Waals surface area contributed by atoms with Crippen LogP contribution >= 0.6 is 0 Å². The number of nitrogens with zero attached hydrogens (tertiary/aromatic N) is 3. The van der Waals surface area contributed by atoms with Crippen molar-refractivity contribution in [2.75, 3.05) is 26.7 Å². The van der Waals surface area contributed by atoms with Crippen molar-refractivity contribution in [3.8, 4) is 0 Å². The number of likely N-dealkylation sites (N-methyl/N-ethyl adjacent to an activating group) is 1. The van der Waals surface area contributed by atoms with E-state index >= 15 is 0 Å². The van der Waals surface area contributed by atoms with Gasteiger partial charge in [-0.2, -0.15) is 0 Å². The van der Waals surface area contributed by atoms with E-state index in [-0.39, 0.29) is 11.9 Å². The molecular weight excluding hydrogens is 294 g/mol. The number of aryl methyl sites for hydroxylation is 1. The Morgan fingerprint density at radius 3 is 2.83 bits per heavy atom. The van der Waals surface area contributed by atoms with Crippen LogP contribution < -0.4 is 0 Å². The van der Waals surface area contributed by atoms with Gasteiger partial charge < -0.3 is 14.9 Å². The fourth-order valence-corrected chi connectivity index (χ4v) is 4.03. The van der Waals surface area contributed by atoms with Gasteiger partial charge in [-0.05, 0) is 51.4 Å². The van der Waals surface area contributed by atoms with E-state index in [1.165, 1.54) is 0 Å². The van der Waals surface area contributed by atoms with E-state index in [4.69, 9.17) is 0 Å². The average Bonchev–Trinajstić information content (AvgIpc) is 2.54. The zero-order valence-corrected chi connectivity index (χ0v) is 13.7. The number of piperidine rings is 2. The summed E-state index contributed by atoms with van der Waals surface area (Å²) in [6.45, 7) is 3.69. The maximum atomic E-state index is 12.8. The highest BCUT2D eigenvalue weighted by Crippen LogP contribution is 2.42. The lowest BCUT2D eigenvalue weighted by molar-refractivity contribution is -0.161. The number of carboxylic acids is 1. The largest absolute Gasteiger partial charge is 0.481 e. The Hall–Kier alpha value is -1.95. The Morgan fingerprint density at radius 1 is 1.35 bits per heavy atom. The van der Waals surface area contributed by atoms with Crippen molar-refractivity contribution in [3.05, 3.63) is 29.6 Å². The zero-order chi connectivity index (χ0) is 16.6. The van der Waals surface area contributed by atoms with Crippen LogP contribution in [0.4, 0.5) is 0 Å². The third-order valence-corrected chi connectivity index (χ3v) is 5.45. The molecule has 6 nitrogen and oxygen atoms in total. The molecule has 3 rings (SSSR count). The van der Waals surface area contributed by atoms with E-state index in [0.29, 0.717) is 31.6 Å². The number of aromatic nitrogens is 1. The van der Waals surface area contributed by atoms with Crippen LogP contribution in [-0.2, 0) is 4.79 Å². The summed E-state index contributed by atoms with van der Waals surface area (Å²) in [5.41, 5.74) is 0.599. The lowest BCUT2D eigenvalue weighted by atomic mass is 9.68. The quantitative estimate of drug-likeness (QED) is 0.892. The first-order valence-electron chi connectivity index (χ1n) is 8.10. The van der Waals surface area contributed by atoms with E-state index in [2.05, 4.69) is 9.88 Å². The predicted octanol–water partition coefficient (Wildman–Crippen LogP) is 1.40. The van der Waals surface area contributed by atoms with E-state index in [1.54, 1.807) is 11.1 Å². The van der Waals surface area contributed by atoms with Gasteiger partial charge in [0, 0.05) is 25.3 Å². The summed E-state index contributed by atoms with van der Waals surface area (Å²) in [7, 11) is 1.96. The molecule has 0 spiro atoms. The first-order chi connectivity index (χ1) is 11.0. The van der Waals surface area contributed by atoms with Crippen LogP contribution in [0.15, 0.2) is 18.3 Å². The number of hydrogen-bond donors (Lipinski definition) is 1. The van der Waals surface area contributed by atoms with E-state index in [1.807, 2.05) is 26.1 Å². The van der Waals surface area contributed by atoms with Gasteiger partial charge in [-0.1, -0.05) is 6.07 Å². The van der Waals surface area contributed by atoms with Crippen LogP contribution in [0.25, 0.3) is 0 Å². The van der Waals surface area contributed by atoms with E-state index < -0.39 is 11.4 Å². The maximum absolute atomic E-state index is 12.8. The van der Waals surface area contributed by atoms with E-state index in [0.717, 1.165) is 18.5 Å². The molecule has 2 aliphatic heterocycles. The smallest absolute Gasteiger partial charge is 0.311 e. The van der Waals surface area contributed by atoms with Crippen LogP contribution in [0.2, 0.25) is 0 Å². The lowest BCUT2D eigenvalue weighted by Crippen LogP contribution is -2.63. The molecule has 124 valence electrons. The normalized spacial score (nSPS) is 28.3. The first-order valence-corrected chi connectivity index (χ1v) is 8.10.